The lowest BCUT2D eigenvalue weighted by Gasteiger charge is -2.23. The number of thioether (sulfide) groups is 1. The standard InChI is InChI=1S/C9H18N2OS/c1-2-8(10)9(12)11-7-3-5-13-6-4-7/h7-8H,2-6,10H2,1H3,(H,11,12)/t8-/m1/s1. The van der Waals surface area contributed by atoms with Gasteiger partial charge in [0.2, 0.25) is 5.91 Å². The monoisotopic (exact) mass is 202 g/mol. The third-order valence-electron chi connectivity index (χ3n) is 2.34. The van der Waals surface area contributed by atoms with E-state index < -0.39 is 0 Å². The number of nitrogens with one attached hydrogen (secondary N) is 1. The number of amides is 1. The Morgan fingerprint density at radius 3 is 2.77 bits per heavy atom. The van der Waals surface area contributed by atoms with Crippen molar-refractivity contribution in [2.24, 2.45) is 5.73 Å². The molecule has 1 amide bonds. The van der Waals surface area contributed by atoms with Crippen molar-refractivity contribution in [3.63, 3.8) is 0 Å². The summed E-state index contributed by atoms with van der Waals surface area (Å²) in [6.45, 7) is 1.93. The van der Waals surface area contributed by atoms with Crippen LogP contribution in [0.15, 0.2) is 0 Å². The fourth-order valence-electron chi connectivity index (χ4n) is 1.34. The quantitative estimate of drug-likeness (QED) is 0.709. The van der Waals surface area contributed by atoms with E-state index in [2.05, 4.69) is 5.32 Å². The molecule has 1 saturated heterocycles. The summed E-state index contributed by atoms with van der Waals surface area (Å²) in [6.07, 6.45) is 2.90. The lowest BCUT2D eigenvalue weighted by molar-refractivity contribution is -0.123. The van der Waals surface area contributed by atoms with Gasteiger partial charge in [0, 0.05) is 6.04 Å². The minimum absolute atomic E-state index is 0.0133. The molecule has 0 aliphatic carbocycles. The topological polar surface area (TPSA) is 55.1 Å². The average Bonchev–Trinajstić information content (AvgIpc) is 2.18. The molecule has 1 heterocycles. The molecule has 0 bridgehead atoms. The molecule has 13 heavy (non-hydrogen) atoms. The van der Waals surface area contributed by atoms with Gasteiger partial charge in [-0.15, -0.1) is 0 Å². The van der Waals surface area contributed by atoms with Crippen LogP contribution in [-0.4, -0.2) is 29.5 Å². The molecule has 1 atom stereocenters. The third kappa shape index (κ3) is 3.56. The van der Waals surface area contributed by atoms with E-state index in [1.165, 1.54) is 0 Å². The molecular weight excluding hydrogens is 184 g/mol. The predicted molar refractivity (Wildman–Crippen MR) is 56.8 cm³/mol. The summed E-state index contributed by atoms with van der Waals surface area (Å²) in [6, 6.07) is 0.0425. The van der Waals surface area contributed by atoms with Crippen molar-refractivity contribution in [1.82, 2.24) is 5.32 Å². The van der Waals surface area contributed by atoms with Crippen molar-refractivity contribution in [1.29, 1.82) is 0 Å². The molecule has 4 heteroatoms. The van der Waals surface area contributed by atoms with Crippen LogP contribution < -0.4 is 11.1 Å². The van der Waals surface area contributed by atoms with Gasteiger partial charge in [0.05, 0.1) is 6.04 Å². The van der Waals surface area contributed by atoms with Gasteiger partial charge in [-0.3, -0.25) is 4.79 Å². The van der Waals surface area contributed by atoms with E-state index in [-0.39, 0.29) is 11.9 Å². The van der Waals surface area contributed by atoms with Crippen LogP contribution in [0.1, 0.15) is 26.2 Å². The number of carbonyl (C=O) groups excluding carboxylic acids is 1. The van der Waals surface area contributed by atoms with Crippen LogP contribution in [0.25, 0.3) is 0 Å². The summed E-state index contributed by atoms with van der Waals surface area (Å²) in [5.74, 6) is 2.33. The molecule has 1 aliphatic heterocycles. The molecule has 0 saturated carbocycles. The fraction of sp³-hybridized carbons (Fsp3) is 0.889. The molecule has 1 rings (SSSR count). The first-order valence-electron chi connectivity index (χ1n) is 4.87. The maximum absolute atomic E-state index is 11.4. The minimum atomic E-state index is -0.324. The predicted octanol–water partition coefficient (Wildman–Crippen LogP) is 0.735. The lowest BCUT2D eigenvalue weighted by Crippen LogP contribution is -2.46. The molecule has 0 aromatic rings. The molecule has 0 unspecified atom stereocenters. The molecule has 0 aromatic heterocycles. The van der Waals surface area contributed by atoms with Crippen molar-refractivity contribution in [3.05, 3.63) is 0 Å². The summed E-state index contributed by atoms with van der Waals surface area (Å²) >= 11 is 1.96. The molecule has 0 radical (unpaired) electrons. The molecule has 0 aromatic carbocycles. The Bertz CT molecular complexity index is 169. The van der Waals surface area contributed by atoms with E-state index in [0.717, 1.165) is 24.3 Å². The second-order valence-corrected chi connectivity index (χ2v) is 4.63. The molecule has 1 fully saturated rings. The zero-order chi connectivity index (χ0) is 9.68. The summed E-state index contributed by atoms with van der Waals surface area (Å²) in [5.41, 5.74) is 5.62. The zero-order valence-corrected chi connectivity index (χ0v) is 8.90. The van der Waals surface area contributed by atoms with Crippen molar-refractivity contribution in [2.75, 3.05) is 11.5 Å². The van der Waals surface area contributed by atoms with Crippen molar-refractivity contribution in [3.8, 4) is 0 Å². The Hall–Kier alpha value is -0.220. The Morgan fingerprint density at radius 1 is 1.62 bits per heavy atom. The van der Waals surface area contributed by atoms with Crippen LogP contribution >= 0.6 is 11.8 Å². The van der Waals surface area contributed by atoms with Crippen molar-refractivity contribution in [2.45, 2.75) is 38.3 Å². The second kappa shape index (κ2) is 5.50. The highest BCUT2D eigenvalue weighted by Crippen LogP contribution is 2.16. The Balaban J connectivity index is 2.26. The third-order valence-corrected chi connectivity index (χ3v) is 3.39. The largest absolute Gasteiger partial charge is 0.352 e. The van der Waals surface area contributed by atoms with Crippen LogP contribution in [0.5, 0.6) is 0 Å². The minimum Gasteiger partial charge on any atom is -0.352 e. The van der Waals surface area contributed by atoms with E-state index in [0.29, 0.717) is 12.5 Å². The van der Waals surface area contributed by atoms with E-state index in [1.54, 1.807) is 0 Å². The van der Waals surface area contributed by atoms with Gasteiger partial charge in [0.15, 0.2) is 0 Å². The Morgan fingerprint density at radius 2 is 2.23 bits per heavy atom. The maximum atomic E-state index is 11.4. The first kappa shape index (κ1) is 10.9. The number of carbonyl (C=O) groups is 1. The van der Waals surface area contributed by atoms with E-state index in [4.69, 9.17) is 5.73 Å². The molecule has 3 nitrogen and oxygen atoms in total. The second-order valence-electron chi connectivity index (χ2n) is 3.41. The van der Waals surface area contributed by atoms with Crippen LogP contribution in [0.4, 0.5) is 0 Å². The highest BCUT2D eigenvalue weighted by molar-refractivity contribution is 7.99. The van der Waals surface area contributed by atoms with Gasteiger partial charge in [-0.2, -0.15) is 11.8 Å². The summed E-state index contributed by atoms with van der Waals surface area (Å²) in [7, 11) is 0. The van der Waals surface area contributed by atoms with E-state index >= 15 is 0 Å². The van der Waals surface area contributed by atoms with E-state index in [1.807, 2.05) is 18.7 Å². The van der Waals surface area contributed by atoms with Crippen LogP contribution in [0.2, 0.25) is 0 Å². The summed E-state index contributed by atoms with van der Waals surface area (Å²) < 4.78 is 0. The van der Waals surface area contributed by atoms with Crippen molar-refractivity contribution >= 4 is 17.7 Å². The molecule has 3 N–H and O–H groups in total. The van der Waals surface area contributed by atoms with Gasteiger partial charge in [-0.1, -0.05) is 6.92 Å². The van der Waals surface area contributed by atoms with Crippen LogP contribution in [0, 0.1) is 0 Å². The SMILES string of the molecule is CC[C@@H](N)C(=O)NC1CCSCC1. The summed E-state index contributed by atoms with van der Waals surface area (Å²) in [5, 5.41) is 2.99. The van der Waals surface area contributed by atoms with E-state index in [9.17, 15) is 4.79 Å². The van der Waals surface area contributed by atoms with Crippen LogP contribution in [-0.2, 0) is 4.79 Å². The number of rotatable bonds is 3. The lowest BCUT2D eigenvalue weighted by atomic mass is 10.1. The Kier molecular flexibility index (Phi) is 4.59. The number of hydrogen-bond donors (Lipinski definition) is 2. The Labute approximate surface area is 83.8 Å². The molecule has 1 aliphatic rings. The fourth-order valence-corrected chi connectivity index (χ4v) is 2.44. The van der Waals surface area contributed by atoms with Gasteiger partial charge in [0.1, 0.15) is 0 Å². The van der Waals surface area contributed by atoms with Gasteiger partial charge in [0.25, 0.3) is 0 Å². The molecule has 0 spiro atoms. The molecule has 76 valence electrons. The van der Waals surface area contributed by atoms with Gasteiger partial charge in [-0.05, 0) is 30.8 Å². The normalized spacial score (nSPS) is 21.1. The van der Waals surface area contributed by atoms with Crippen molar-refractivity contribution < 1.29 is 4.79 Å². The summed E-state index contributed by atoms with van der Waals surface area (Å²) in [4.78, 5) is 11.4. The highest BCUT2D eigenvalue weighted by atomic mass is 32.2. The average molecular weight is 202 g/mol. The number of hydrogen-bond acceptors (Lipinski definition) is 3. The van der Waals surface area contributed by atoms with Gasteiger partial charge in [-0.25, -0.2) is 0 Å². The zero-order valence-electron chi connectivity index (χ0n) is 8.08. The van der Waals surface area contributed by atoms with Gasteiger partial charge < -0.3 is 11.1 Å². The number of nitrogens with two attached hydrogens (primary N) is 1. The maximum Gasteiger partial charge on any atom is 0.237 e. The van der Waals surface area contributed by atoms with Crippen LogP contribution in [0.3, 0.4) is 0 Å². The molecular formula is C9H18N2OS. The smallest absolute Gasteiger partial charge is 0.237 e. The first-order chi connectivity index (χ1) is 6.24. The first-order valence-corrected chi connectivity index (χ1v) is 6.03. The van der Waals surface area contributed by atoms with Gasteiger partial charge >= 0.3 is 0 Å². The highest BCUT2D eigenvalue weighted by Gasteiger charge is 2.18.